The number of benzene rings is 2. The van der Waals surface area contributed by atoms with Gasteiger partial charge in [0, 0.05) is 28.6 Å². The van der Waals surface area contributed by atoms with Gasteiger partial charge in [0.15, 0.2) is 0 Å². The van der Waals surface area contributed by atoms with Crippen LogP contribution >= 0.6 is 23.8 Å². The number of hydrogen-bond donors (Lipinski definition) is 2. The first-order valence-corrected chi connectivity index (χ1v) is 12.7. The fourth-order valence-electron chi connectivity index (χ4n) is 2.86. The summed E-state index contributed by atoms with van der Waals surface area (Å²) in [5.74, 6) is 2.21. The number of nitriles is 2. The highest BCUT2D eigenvalue weighted by molar-refractivity contribution is 7.71. The molecule has 2 aromatic carbocycles. The van der Waals surface area contributed by atoms with E-state index in [2.05, 4.69) is 16.0 Å². The van der Waals surface area contributed by atoms with Crippen molar-refractivity contribution in [1.29, 1.82) is 10.5 Å². The Morgan fingerprint density at radius 2 is 1.43 bits per heavy atom. The fourth-order valence-corrected chi connectivity index (χ4v) is 3.27. The number of allylic oxidation sites excluding steroid dienone is 2. The number of rotatable bonds is 6. The molecule has 0 aliphatic rings. The van der Waals surface area contributed by atoms with Gasteiger partial charge in [0.2, 0.25) is 0 Å². The molecule has 0 spiro atoms. The van der Waals surface area contributed by atoms with Crippen molar-refractivity contribution in [3.05, 3.63) is 81.8 Å². The van der Waals surface area contributed by atoms with Gasteiger partial charge in [0.25, 0.3) is 5.24 Å². The van der Waals surface area contributed by atoms with E-state index in [1.165, 1.54) is 6.08 Å². The summed E-state index contributed by atoms with van der Waals surface area (Å²) in [5.41, 5.74) is 8.13. The zero-order chi connectivity index (χ0) is 29.5. The van der Waals surface area contributed by atoms with Crippen molar-refractivity contribution in [2.45, 2.75) is 76.0 Å². The van der Waals surface area contributed by atoms with E-state index in [0.29, 0.717) is 27.3 Å². The SMILES string of the molecule is C.C.C.C/C(N)=C/C#N.CC(C)Oc1ccc(C(=O)Cl)cc1.Cc1[nH]c(-c2ccc(OC(C)C)cc2)nc(=S)c1C#N. The number of hydrogen-bond acceptors (Lipinski definition) is 8. The lowest BCUT2D eigenvalue weighted by Crippen LogP contribution is -2.05. The molecular formula is C32H44ClN5O3S. The van der Waals surface area contributed by atoms with Crippen molar-refractivity contribution in [1.82, 2.24) is 9.97 Å². The molecule has 8 nitrogen and oxygen atoms in total. The van der Waals surface area contributed by atoms with E-state index in [0.717, 1.165) is 22.8 Å². The molecule has 0 saturated heterocycles. The van der Waals surface area contributed by atoms with Crippen LogP contribution in [0.5, 0.6) is 11.5 Å². The van der Waals surface area contributed by atoms with Crippen LogP contribution in [0.2, 0.25) is 0 Å². The lowest BCUT2D eigenvalue weighted by atomic mass is 10.2. The number of nitrogens with two attached hydrogens (primary N) is 1. The fraction of sp³-hybridized carbons (Fsp3) is 0.344. The van der Waals surface area contributed by atoms with Crippen LogP contribution in [-0.4, -0.2) is 27.4 Å². The van der Waals surface area contributed by atoms with Gasteiger partial charge in [0.05, 0.1) is 18.3 Å². The topological polar surface area (TPSA) is 138 Å². The monoisotopic (exact) mass is 613 g/mol. The Labute approximate surface area is 261 Å². The minimum Gasteiger partial charge on any atom is -0.491 e. The van der Waals surface area contributed by atoms with Crippen LogP contribution in [0, 0.1) is 34.2 Å². The molecule has 0 aliphatic carbocycles. The lowest BCUT2D eigenvalue weighted by Gasteiger charge is -2.10. The summed E-state index contributed by atoms with van der Waals surface area (Å²) < 4.78 is 11.3. The average molecular weight is 614 g/mol. The Hall–Kier alpha value is -4.18. The second-order valence-electron chi connectivity index (χ2n) is 8.68. The van der Waals surface area contributed by atoms with Crippen molar-refractivity contribution < 1.29 is 14.3 Å². The molecule has 0 amide bonds. The van der Waals surface area contributed by atoms with Gasteiger partial charge in [-0.25, -0.2) is 4.98 Å². The summed E-state index contributed by atoms with van der Waals surface area (Å²) in [6.07, 6.45) is 1.57. The summed E-state index contributed by atoms with van der Waals surface area (Å²) in [4.78, 5) is 18.1. The normalized spacial score (nSPS) is 9.55. The molecule has 1 heterocycles. The van der Waals surface area contributed by atoms with Gasteiger partial charge < -0.3 is 20.2 Å². The molecule has 0 fully saturated rings. The third-order valence-electron chi connectivity index (χ3n) is 4.46. The van der Waals surface area contributed by atoms with Gasteiger partial charge in [-0.1, -0.05) is 34.5 Å². The lowest BCUT2D eigenvalue weighted by molar-refractivity contribution is 0.108. The van der Waals surface area contributed by atoms with Crippen molar-refractivity contribution in [2.24, 2.45) is 5.73 Å². The number of ether oxygens (including phenoxy) is 2. The van der Waals surface area contributed by atoms with E-state index in [1.54, 1.807) is 37.3 Å². The van der Waals surface area contributed by atoms with Gasteiger partial charge in [-0.15, -0.1) is 0 Å². The molecule has 0 radical (unpaired) electrons. The van der Waals surface area contributed by atoms with Crippen molar-refractivity contribution >= 4 is 29.1 Å². The second-order valence-corrected chi connectivity index (χ2v) is 9.41. The Morgan fingerprint density at radius 3 is 1.74 bits per heavy atom. The van der Waals surface area contributed by atoms with E-state index < -0.39 is 5.24 Å². The van der Waals surface area contributed by atoms with Gasteiger partial charge >= 0.3 is 0 Å². The molecule has 0 aliphatic heterocycles. The Bertz CT molecular complexity index is 1400. The molecule has 0 saturated carbocycles. The van der Waals surface area contributed by atoms with Crippen molar-refractivity contribution in [3.63, 3.8) is 0 Å². The van der Waals surface area contributed by atoms with Crippen LogP contribution in [0.15, 0.2) is 60.3 Å². The number of H-pyrrole nitrogens is 1. The van der Waals surface area contributed by atoms with Crippen molar-refractivity contribution in [3.8, 4) is 35.0 Å². The van der Waals surface area contributed by atoms with E-state index >= 15 is 0 Å². The standard InChI is InChI=1S/C15H15N3OS.C10H11ClO2.C4H6N2.3CH4/c1-9(2)19-12-6-4-11(5-7-12)14-17-10(3)13(8-16)15(20)18-14;1-7(2)13-9-5-3-8(4-6-9)10(11)12;1-4(6)2-3-5;;;/h4-7,9H,1-3H3,(H,17,18,20);3-7H,1-2H3;2H,6H2,1H3;3*1H4/b;;4-2-;;;. The first-order valence-electron chi connectivity index (χ1n) is 11.9. The summed E-state index contributed by atoms with van der Waals surface area (Å²) in [5, 5.41) is 16.4. The smallest absolute Gasteiger partial charge is 0.252 e. The maximum absolute atomic E-state index is 10.7. The zero-order valence-corrected chi connectivity index (χ0v) is 24.4. The highest BCUT2D eigenvalue weighted by atomic mass is 35.5. The van der Waals surface area contributed by atoms with E-state index in [9.17, 15) is 4.79 Å². The van der Waals surface area contributed by atoms with E-state index in [-0.39, 0.29) is 34.5 Å². The molecule has 3 aromatic rings. The zero-order valence-electron chi connectivity index (χ0n) is 22.8. The first kappa shape index (κ1) is 42.3. The highest BCUT2D eigenvalue weighted by Gasteiger charge is 2.07. The molecule has 10 heteroatoms. The number of aryl methyl sites for hydroxylation is 1. The number of nitrogens with zero attached hydrogens (tertiary/aromatic N) is 3. The van der Waals surface area contributed by atoms with Crippen LogP contribution in [0.3, 0.4) is 0 Å². The number of carbonyl (C=O) groups is 1. The van der Waals surface area contributed by atoms with Crippen LogP contribution in [0.4, 0.5) is 0 Å². The number of aromatic amines is 1. The molecule has 0 unspecified atom stereocenters. The second kappa shape index (κ2) is 21.6. The van der Waals surface area contributed by atoms with Gasteiger partial charge in [-0.3, -0.25) is 4.79 Å². The molecule has 0 bridgehead atoms. The molecule has 3 N–H and O–H groups in total. The third-order valence-corrected chi connectivity index (χ3v) is 4.98. The minimum atomic E-state index is -0.448. The summed E-state index contributed by atoms with van der Waals surface area (Å²) in [6.45, 7) is 11.3. The van der Waals surface area contributed by atoms with Gasteiger partial charge in [-0.2, -0.15) is 10.5 Å². The van der Waals surface area contributed by atoms with Crippen LogP contribution in [0.25, 0.3) is 11.4 Å². The highest BCUT2D eigenvalue weighted by Crippen LogP contribution is 2.21. The predicted molar refractivity (Wildman–Crippen MR) is 176 cm³/mol. The minimum absolute atomic E-state index is 0. The largest absolute Gasteiger partial charge is 0.491 e. The Kier molecular flexibility index (Phi) is 21.7. The molecular weight excluding hydrogens is 570 g/mol. The van der Waals surface area contributed by atoms with Gasteiger partial charge in [0.1, 0.15) is 33.6 Å². The first-order chi connectivity index (χ1) is 18.4. The summed E-state index contributed by atoms with van der Waals surface area (Å²) in [7, 11) is 0. The molecule has 1 aromatic heterocycles. The maximum atomic E-state index is 10.7. The van der Waals surface area contributed by atoms with Crippen LogP contribution < -0.4 is 15.2 Å². The third kappa shape index (κ3) is 15.6. The maximum Gasteiger partial charge on any atom is 0.252 e. The number of nitrogens with one attached hydrogen (secondary N) is 1. The van der Waals surface area contributed by atoms with E-state index in [1.807, 2.05) is 58.9 Å². The summed E-state index contributed by atoms with van der Waals surface area (Å²) in [6, 6.07) is 18.2. The number of halogens is 1. The van der Waals surface area contributed by atoms with Crippen LogP contribution in [0.1, 0.15) is 78.5 Å². The number of carbonyl (C=O) groups excluding carboxylic acids is 1. The van der Waals surface area contributed by atoms with E-state index in [4.69, 9.17) is 49.5 Å². The molecule has 3 rings (SSSR count). The quantitative estimate of drug-likeness (QED) is 0.160. The van der Waals surface area contributed by atoms with Crippen molar-refractivity contribution in [2.75, 3.05) is 0 Å². The molecule has 0 atom stereocenters. The predicted octanol–water partition coefficient (Wildman–Crippen LogP) is 8.91. The van der Waals surface area contributed by atoms with Crippen LogP contribution in [-0.2, 0) is 0 Å². The molecule has 228 valence electrons. The molecule has 42 heavy (non-hydrogen) atoms. The van der Waals surface area contributed by atoms with Gasteiger partial charge in [-0.05, 0) is 102 Å². The number of aromatic nitrogens is 2. The Balaban J connectivity index is -0.000000601. The average Bonchev–Trinajstić information content (AvgIpc) is 2.84. The summed E-state index contributed by atoms with van der Waals surface area (Å²) >= 11 is 10.4. The Morgan fingerprint density at radius 1 is 0.976 bits per heavy atom.